The van der Waals surface area contributed by atoms with E-state index in [1.807, 2.05) is 0 Å². The molecule has 1 aliphatic rings. The van der Waals surface area contributed by atoms with Crippen LogP contribution in [-0.2, 0) is 4.79 Å². The standard InChI is InChI=1S/C16H22O3/c1-10(2)12-6-7-13(15(8-12)19-3)14(9-16(17)18)11-4-5-11/h6-8,10-11,14H,4-5,9H2,1-3H3,(H,17,18). The predicted molar refractivity (Wildman–Crippen MR) is 74.8 cm³/mol. The van der Waals surface area contributed by atoms with Crippen LogP contribution in [0.3, 0.4) is 0 Å². The zero-order chi connectivity index (χ0) is 14.0. The van der Waals surface area contributed by atoms with Crippen molar-refractivity contribution in [1.82, 2.24) is 0 Å². The first kappa shape index (κ1) is 13.9. The van der Waals surface area contributed by atoms with E-state index in [0.717, 1.165) is 24.2 Å². The Balaban J connectivity index is 2.33. The van der Waals surface area contributed by atoms with Crippen LogP contribution in [-0.4, -0.2) is 18.2 Å². The lowest BCUT2D eigenvalue weighted by Crippen LogP contribution is -2.10. The number of carboxylic acid groups (broad SMARTS) is 1. The summed E-state index contributed by atoms with van der Waals surface area (Å²) in [4.78, 5) is 11.0. The molecule has 0 aromatic heterocycles. The maximum Gasteiger partial charge on any atom is 0.303 e. The van der Waals surface area contributed by atoms with Gasteiger partial charge in [0.25, 0.3) is 0 Å². The molecule has 0 bridgehead atoms. The summed E-state index contributed by atoms with van der Waals surface area (Å²) in [5.41, 5.74) is 2.28. The van der Waals surface area contributed by atoms with Gasteiger partial charge in [-0.25, -0.2) is 0 Å². The van der Waals surface area contributed by atoms with E-state index in [-0.39, 0.29) is 12.3 Å². The van der Waals surface area contributed by atoms with E-state index in [2.05, 4.69) is 32.0 Å². The Morgan fingerprint density at radius 2 is 2.11 bits per heavy atom. The van der Waals surface area contributed by atoms with Gasteiger partial charge in [0, 0.05) is 5.92 Å². The Bertz CT molecular complexity index is 461. The minimum Gasteiger partial charge on any atom is -0.496 e. The zero-order valence-corrected chi connectivity index (χ0v) is 11.8. The summed E-state index contributed by atoms with van der Waals surface area (Å²) in [5, 5.41) is 9.09. The Kier molecular flexibility index (Phi) is 4.13. The van der Waals surface area contributed by atoms with Crippen LogP contribution in [0, 0.1) is 5.92 Å². The van der Waals surface area contributed by atoms with Crippen LogP contribution >= 0.6 is 0 Å². The molecule has 2 rings (SSSR count). The number of aliphatic carboxylic acids is 1. The highest BCUT2D eigenvalue weighted by Crippen LogP contribution is 2.47. The summed E-state index contributed by atoms with van der Waals surface area (Å²) in [5.74, 6) is 1.15. The van der Waals surface area contributed by atoms with E-state index in [1.165, 1.54) is 5.56 Å². The lowest BCUT2D eigenvalue weighted by atomic mass is 9.88. The molecule has 1 N–H and O–H groups in total. The van der Waals surface area contributed by atoms with Gasteiger partial charge >= 0.3 is 5.97 Å². The first-order valence-electron chi connectivity index (χ1n) is 6.92. The van der Waals surface area contributed by atoms with E-state index in [4.69, 9.17) is 9.84 Å². The van der Waals surface area contributed by atoms with Crippen LogP contribution in [0.15, 0.2) is 18.2 Å². The fourth-order valence-corrected chi connectivity index (χ4v) is 2.61. The number of benzene rings is 1. The average Bonchev–Trinajstić information content (AvgIpc) is 3.19. The monoisotopic (exact) mass is 262 g/mol. The van der Waals surface area contributed by atoms with Crippen LogP contribution in [0.25, 0.3) is 0 Å². The fraction of sp³-hybridized carbons (Fsp3) is 0.562. The molecule has 0 saturated heterocycles. The smallest absolute Gasteiger partial charge is 0.303 e. The molecule has 0 aliphatic heterocycles. The van der Waals surface area contributed by atoms with E-state index >= 15 is 0 Å². The quantitative estimate of drug-likeness (QED) is 0.848. The van der Waals surface area contributed by atoms with Gasteiger partial charge in [-0.05, 0) is 41.9 Å². The summed E-state index contributed by atoms with van der Waals surface area (Å²) in [6.07, 6.45) is 2.46. The number of methoxy groups -OCH3 is 1. The Morgan fingerprint density at radius 3 is 2.58 bits per heavy atom. The molecule has 3 nitrogen and oxygen atoms in total. The van der Waals surface area contributed by atoms with Crippen molar-refractivity contribution in [3.8, 4) is 5.75 Å². The number of rotatable bonds is 6. The topological polar surface area (TPSA) is 46.5 Å². The lowest BCUT2D eigenvalue weighted by Gasteiger charge is -2.19. The Labute approximate surface area is 114 Å². The van der Waals surface area contributed by atoms with Crippen molar-refractivity contribution in [2.75, 3.05) is 7.11 Å². The van der Waals surface area contributed by atoms with Crippen molar-refractivity contribution in [2.45, 2.75) is 44.9 Å². The van der Waals surface area contributed by atoms with Gasteiger partial charge in [-0.3, -0.25) is 4.79 Å². The largest absolute Gasteiger partial charge is 0.496 e. The van der Waals surface area contributed by atoms with Crippen molar-refractivity contribution in [2.24, 2.45) is 5.92 Å². The molecule has 1 aliphatic carbocycles. The SMILES string of the molecule is COc1cc(C(C)C)ccc1C(CC(=O)O)C1CC1. The first-order valence-corrected chi connectivity index (χ1v) is 6.92. The first-order chi connectivity index (χ1) is 9.02. The van der Waals surface area contributed by atoms with Crippen molar-refractivity contribution in [3.05, 3.63) is 29.3 Å². The van der Waals surface area contributed by atoms with Crippen LogP contribution in [0.1, 0.15) is 56.1 Å². The molecule has 1 fully saturated rings. The highest BCUT2D eigenvalue weighted by Gasteiger charge is 2.35. The van der Waals surface area contributed by atoms with Crippen molar-refractivity contribution in [1.29, 1.82) is 0 Å². The normalized spacial score (nSPS) is 16.4. The molecule has 3 heteroatoms. The van der Waals surface area contributed by atoms with E-state index in [0.29, 0.717) is 11.8 Å². The summed E-state index contributed by atoms with van der Waals surface area (Å²) in [6, 6.07) is 6.21. The maximum atomic E-state index is 11.0. The summed E-state index contributed by atoms with van der Waals surface area (Å²) in [6.45, 7) is 4.29. The molecule has 1 unspecified atom stereocenters. The minimum atomic E-state index is -0.730. The zero-order valence-electron chi connectivity index (χ0n) is 11.8. The highest BCUT2D eigenvalue weighted by molar-refractivity contribution is 5.68. The van der Waals surface area contributed by atoms with Gasteiger partial charge in [-0.1, -0.05) is 26.0 Å². The molecule has 1 saturated carbocycles. The van der Waals surface area contributed by atoms with Gasteiger partial charge in [-0.2, -0.15) is 0 Å². The summed E-state index contributed by atoms with van der Waals surface area (Å²) >= 11 is 0. The third kappa shape index (κ3) is 3.28. The Morgan fingerprint density at radius 1 is 1.42 bits per heavy atom. The molecule has 0 spiro atoms. The summed E-state index contributed by atoms with van der Waals surface area (Å²) in [7, 11) is 1.66. The molecule has 0 amide bonds. The molecule has 1 atom stereocenters. The molecular weight excluding hydrogens is 240 g/mol. The summed E-state index contributed by atoms with van der Waals surface area (Å²) < 4.78 is 5.48. The van der Waals surface area contributed by atoms with Gasteiger partial charge in [0.05, 0.1) is 13.5 Å². The molecule has 0 radical (unpaired) electrons. The number of carbonyl (C=O) groups is 1. The van der Waals surface area contributed by atoms with Crippen LogP contribution in [0.4, 0.5) is 0 Å². The van der Waals surface area contributed by atoms with Crippen molar-refractivity contribution in [3.63, 3.8) is 0 Å². The maximum absolute atomic E-state index is 11.0. The molecule has 19 heavy (non-hydrogen) atoms. The minimum absolute atomic E-state index is 0.0914. The number of carboxylic acids is 1. The molecule has 1 aromatic carbocycles. The molecular formula is C16H22O3. The number of hydrogen-bond donors (Lipinski definition) is 1. The van der Waals surface area contributed by atoms with Gasteiger partial charge < -0.3 is 9.84 Å². The highest BCUT2D eigenvalue weighted by atomic mass is 16.5. The number of hydrogen-bond acceptors (Lipinski definition) is 2. The molecule has 1 aromatic rings. The van der Waals surface area contributed by atoms with E-state index in [9.17, 15) is 4.79 Å². The van der Waals surface area contributed by atoms with E-state index < -0.39 is 5.97 Å². The van der Waals surface area contributed by atoms with Crippen LogP contribution in [0.2, 0.25) is 0 Å². The van der Waals surface area contributed by atoms with Crippen molar-refractivity contribution < 1.29 is 14.6 Å². The second-order valence-electron chi connectivity index (χ2n) is 5.70. The number of ether oxygens (including phenoxy) is 1. The fourth-order valence-electron chi connectivity index (χ4n) is 2.61. The van der Waals surface area contributed by atoms with Gasteiger partial charge in [0.1, 0.15) is 5.75 Å². The molecule has 104 valence electrons. The lowest BCUT2D eigenvalue weighted by molar-refractivity contribution is -0.137. The average molecular weight is 262 g/mol. The van der Waals surface area contributed by atoms with E-state index in [1.54, 1.807) is 7.11 Å². The van der Waals surface area contributed by atoms with Crippen molar-refractivity contribution >= 4 is 5.97 Å². The third-order valence-corrected chi connectivity index (χ3v) is 3.91. The second kappa shape index (κ2) is 5.64. The van der Waals surface area contributed by atoms with Gasteiger partial charge in [0.2, 0.25) is 0 Å². The Hall–Kier alpha value is -1.51. The van der Waals surface area contributed by atoms with Gasteiger partial charge in [0.15, 0.2) is 0 Å². The van der Waals surface area contributed by atoms with Crippen LogP contribution in [0.5, 0.6) is 5.75 Å². The third-order valence-electron chi connectivity index (χ3n) is 3.91. The predicted octanol–water partition coefficient (Wildman–Crippen LogP) is 3.79. The van der Waals surface area contributed by atoms with Gasteiger partial charge in [-0.15, -0.1) is 0 Å². The molecule has 0 heterocycles. The van der Waals surface area contributed by atoms with Crippen LogP contribution < -0.4 is 4.74 Å². The second-order valence-corrected chi connectivity index (χ2v) is 5.70.